The molecule has 1 aromatic carbocycles. The van der Waals surface area contributed by atoms with E-state index in [1.165, 1.54) is 4.90 Å². The Morgan fingerprint density at radius 3 is 2.58 bits per heavy atom. The molecule has 1 heterocycles. The molecule has 1 saturated heterocycles. The van der Waals surface area contributed by atoms with Gasteiger partial charge in [0.2, 0.25) is 11.8 Å². The van der Waals surface area contributed by atoms with Crippen molar-refractivity contribution in [3.63, 3.8) is 0 Å². The van der Waals surface area contributed by atoms with Gasteiger partial charge in [-0.15, -0.1) is 11.6 Å². The topological polar surface area (TPSA) is 159 Å². The summed E-state index contributed by atoms with van der Waals surface area (Å²) in [6, 6.07) is 7.38. The van der Waals surface area contributed by atoms with Gasteiger partial charge in [0.25, 0.3) is 0 Å². The standard InChI is InChI=1S/C21H31ClN6O3/c22-13-18(29)16(8-4-10-26-21(24)25)27-19(30)17-9-5-11-28(17)20(31)15(23)12-14-6-2-1-3-7-14/h1-3,6-7,15-17H,4-5,8-13,23H2,(H,27,30)(H4,24,25,26)/p+1/t15-,16+,17+/m1/s1. The number of nitrogens with zero attached hydrogens (tertiary/aromatic N) is 1. The molecule has 2 rings (SSSR count). The SMILES string of the molecule is NC(N)=[NH+]CCC[C@H](NC(=O)[C@@H]1CCCN1C(=O)[C@H](N)Cc1ccccc1)C(=O)CCl. The molecule has 1 aliphatic heterocycles. The molecule has 31 heavy (non-hydrogen) atoms. The van der Waals surface area contributed by atoms with Crippen LogP contribution >= 0.6 is 11.6 Å². The molecule has 1 aliphatic rings. The molecule has 10 heteroatoms. The van der Waals surface area contributed by atoms with E-state index in [-0.39, 0.29) is 29.4 Å². The summed E-state index contributed by atoms with van der Waals surface area (Å²) in [4.78, 5) is 42.3. The Kier molecular flexibility index (Phi) is 9.74. The first-order valence-electron chi connectivity index (χ1n) is 10.4. The molecule has 1 fully saturated rings. The van der Waals surface area contributed by atoms with Crippen molar-refractivity contribution in [1.82, 2.24) is 10.2 Å². The van der Waals surface area contributed by atoms with Crippen molar-refractivity contribution in [2.24, 2.45) is 17.2 Å². The van der Waals surface area contributed by atoms with Crippen LogP contribution in [0.15, 0.2) is 30.3 Å². The maximum atomic E-state index is 12.9. The van der Waals surface area contributed by atoms with Crippen LogP contribution in [0.5, 0.6) is 0 Å². The highest BCUT2D eigenvalue weighted by Crippen LogP contribution is 2.19. The predicted molar refractivity (Wildman–Crippen MR) is 119 cm³/mol. The van der Waals surface area contributed by atoms with Gasteiger partial charge in [-0.25, -0.2) is 0 Å². The molecule has 0 aromatic heterocycles. The van der Waals surface area contributed by atoms with Crippen LogP contribution < -0.4 is 27.5 Å². The summed E-state index contributed by atoms with van der Waals surface area (Å²) in [5.74, 6) is -1.02. The number of alkyl halides is 1. The van der Waals surface area contributed by atoms with E-state index >= 15 is 0 Å². The average Bonchev–Trinajstić information content (AvgIpc) is 3.25. The monoisotopic (exact) mass is 451 g/mol. The number of carbonyl (C=O) groups is 3. The predicted octanol–water partition coefficient (Wildman–Crippen LogP) is -2.03. The maximum absolute atomic E-state index is 12.9. The second kappa shape index (κ2) is 12.3. The number of halogens is 1. The molecular formula is C21H32ClN6O3+. The summed E-state index contributed by atoms with van der Waals surface area (Å²) >= 11 is 5.71. The molecule has 2 amide bonds. The molecule has 9 nitrogen and oxygen atoms in total. The molecule has 3 atom stereocenters. The lowest BCUT2D eigenvalue weighted by Crippen LogP contribution is -2.78. The highest BCUT2D eigenvalue weighted by atomic mass is 35.5. The van der Waals surface area contributed by atoms with E-state index in [4.69, 9.17) is 28.8 Å². The quantitative estimate of drug-likeness (QED) is 0.113. The number of guanidine groups is 1. The largest absolute Gasteiger partial charge is 0.344 e. The molecule has 0 bridgehead atoms. The Balaban J connectivity index is 1.98. The van der Waals surface area contributed by atoms with E-state index in [9.17, 15) is 14.4 Å². The fourth-order valence-electron chi connectivity index (χ4n) is 3.69. The zero-order valence-corrected chi connectivity index (χ0v) is 18.3. The number of rotatable bonds is 11. The van der Waals surface area contributed by atoms with Crippen LogP contribution in [0.4, 0.5) is 0 Å². The number of carbonyl (C=O) groups excluding carboxylic acids is 3. The van der Waals surface area contributed by atoms with Crippen molar-refractivity contribution < 1.29 is 19.4 Å². The minimum absolute atomic E-state index is 0.0937. The lowest BCUT2D eigenvalue weighted by Gasteiger charge is -2.28. The highest BCUT2D eigenvalue weighted by Gasteiger charge is 2.37. The van der Waals surface area contributed by atoms with Crippen molar-refractivity contribution in [3.8, 4) is 0 Å². The molecule has 0 radical (unpaired) electrons. The van der Waals surface area contributed by atoms with Gasteiger partial charge in [0.05, 0.1) is 24.5 Å². The normalized spacial score (nSPS) is 17.6. The Hall–Kier alpha value is -2.65. The van der Waals surface area contributed by atoms with Gasteiger partial charge >= 0.3 is 5.96 Å². The summed E-state index contributed by atoms with van der Waals surface area (Å²) in [5, 5.41) is 2.77. The van der Waals surface area contributed by atoms with Crippen LogP contribution in [-0.2, 0) is 20.8 Å². The number of nitrogens with one attached hydrogen (secondary N) is 2. The third-order valence-corrected chi connectivity index (χ3v) is 5.55. The van der Waals surface area contributed by atoms with Crippen LogP contribution in [0.1, 0.15) is 31.2 Å². The number of ketones is 1. The molecule has 0 spiro atoms. The number of nitrogens with two attached hydrogens (primary N) is 3. The molecule has 8 N–H and O–H groups in total. The Labute approximate surface area is 187 Å². The van der Waals surface area contributed by atoms with Gasteiger partial charge in [0.1, 0.15) is 6.04 Å². The third kappa shape index (κ3) is 7.52. The zero-order chi connectivity index (χ0) is 22.8. The molecular weight excluding hydrogens is 420 g/mol. The minimum Gasteiger partial charge on any atom is -0.344 e. The van der Waals surface area contributed by atoms with E-state index in [1.807, 2.05) is 30.3 Å². The smallest absolute Gasteiger partial charge is 0.338 e. The van der Waals surface area contributed by atoms with Crippen molar-refractivity contribution in [1.29, 1.82) is 0 Å². The van der Waals surface area contributed by atoms with Crippen molar-refractivity contribution in [2.75, 3.05) is 19.0 Å². The average molecular weight is 452 g/mol. The van der Waals surface area contributed by atoms with Gasteiger partial charge in [-0.1, -0.05) is 30.3 Å². The van der Waals surface area contributed by atoms with E-state index < -0.39 is 18.1 Å². The van der Waals surface area contributed by atoms with Crippen molar-refractivity contribution in [3.05, 3.63) is 35.9 Å². The molecule has 0 unspecified atom stereocenters. The lowest BCUT2D eigenvalue weighted by molar-refractivity contribution is -0.459. The van der Waals surface area contributed by atoms with Gasteiger partial charge in [0.15, 0.2) is 5.78 Å². The molecule has 170 valence electrons. The lowest BCUT2D eigenvalue weighted by atomic mass is 10.0. The second-order valence-electron chi connectivity index (χ2n) is 7.67. The molecule has 0 aliphatic carbocycles. The first-order valence-corrected chi connectivity index (χ1v) is 11.0. The number of hydrogen-bond donors (Lipinski definition) is 5. The van der Waals surface area contributed by atoms with Crippen molar-refractivity contribution in [2.45, 2.75) is 50.2 Å². The van der Waals surface area contributed by atoms with Crippen LogP contribution in [-0.4, -0.2) is 65.6 Å². The zero-order valence-electron chi connectivity index (χ0n) is 17.6. The third-order valence-electron chi connectivity index (χ3n) is 5.29. The summed E-state index contributed by atoms with van der Waals surface area (Å²) in [6.45, 7) is 0.926. The first kappa shape index (κ1) is 24.6. The summed E-state index contributed by atoms with van der Waals surface area (Å²) in [6.07, 6.45) is 2.56. The van der Waals surface area contributed by atoms with E-state index in [1.54, 1.807) is 0 Å². The first-order chi connectivity index (χ1) is 14.8. The van der Waals surface area contributed by atoms with Crippen molar-refractivity contribution >= 4 is 35.2 Å². The van der Waals surface area contributed by atoms with Gasteiger partial charge < -0.3 is 16.0 Å². The molecule has 0 saturated carbocycles. The summed E-state index contributed by atoms with van der Waals surface area (Å²) < 4.78 is 0. The second-order valence-corrected chi connectivity index (χ2v) is 7.94. The van der Waals surface area contributed by atoms with Gasteiger partial charge in [-0.2, -0.15) is 0 Å². The van der Waals surface area contributed by atoms with Crippen LogP contribution in [0.3, 0.4) is 0 Å². The number of Topliss-reactive ketones (excluding diaryl/α,β-unsaturated/α-hetero) is 1. The van der Waals surface area contributed by atoms with Gasteiger partial charge in [-0.3, -0.25) is 30.8 Å². The fraction of sp³-hybridized carbons (Fsp3) is 0.524. The van der Waals surface area contributed by atoms with Crippen LogP contribution in [0.25, 0.3) is 0 Å². The fourth-order valence-corrected chi connectivity index (χ4v) is 3.87. The van der Waals surface area contributed by atoms with E-state index in [0.717, 1.165) is 5.56 Å². The minimum atomic E-state index is -0.736. The van der Waals surface area contributed by atoms with Gasteiger partial charge in [0, 0.05) is 6.54 Å². The Bertz CT molecular complexity index is 785. The number of benzene rings is 1. The molecule has 1 aromatic rings. The van der Waals surface area contributed by atoms with Gasteiger partial charge in [-0.05, 0) is 37.7 Å². The number of likely N-dealkylation sites (tertiary alicyclic amines) is 1. The Morgan fingerprint density at radius 2 is 1.94 bits per heavy atom. The van der Waals surface area contributed by atoms with E-state index in [2.05, 4.69) is 10.3 Å². The number of amides is 2. The number of hydrogen-bond acceptors (Lipinski definition) is 4. The highest BCUT2D eigenvalue weighted by molar-refractivity contribution is 6.28. The maximum Gasteiger partial charge on any atom is 0.338 e. The van der Waals surface area contributed by atoms with Crippen LogP contribution in [0, 0.1) is 0 Å². The van der Waals surface area contributed by atoms with Crippen LogP contribution in [0.2, 0.25) is 0 Å². The summed E-state index contributed by atoms with van der Waals surface area (Å²) in [5.41, 5.74) is 17.8. The Morgan fingerprint density at radius 1 is 1.23 bits per heavy atom. The van der Waals surface area contributed by atoms with E-state index in [0.29, 0.717) is 45.2 Å². The summed E-state index contributed by atoms with van der Waals surface area (Å²) in [7, 11) is 0.